The van der Waals surface area contributed by atoms with E-state index < -0.39 is 24.2 Å². The highest BCUT2D eigenvalue weighted by Gasteiger charge is 2.47. The molecule has 2 heterocycles. The van der Waals surface area contributed by atoms with E-state index >= 15 is 0 Å². The third kappa shape index (κ3) is 4.77. The van der Waals surface area contributed by atoms with Crippen LogP contribution in [0.25, 0.3) is 11.1 Å². The SMILES string of the molecule is O=C(NCc1ccc(-c2ccccc2)cc1)c1cnn2c1N[C@@H](c1ccccc1)C[C@H]2C(F)(F)F. The van der Waals surface area contributed by atoms with Gasteiger partial charge >= 0.3 is 6.18 Å². The number of alkyl halides is 3. The van der Waals surface area contributed by atoms with Crippen LogP contribution in [0, 0.1) is 0 Å². The van der Waals surface area contributed by atoms with Crippen LogP contribution in [0.4, 0.5) is 19.0 Å². The standard InChI is InChI=1S/C27H23F3N4O/c28-27(29,30)24-15-23(21-9-5-2-6-10-21)33-25-22(17-32-34(24)25)26(35)31-16-18-11-13-20(14-12-18)19-7-3-1-4-8-19/h1-14,17,23-24,33H,15-16H2,(H,31,35)/t23-,24+/m1/s1. The molecule has 0 bridgehead atoms. The van der Waals surface area contributed by atoms with Crippen LogP contribution in [0.2, 0.25) is 0 Å². The number of carbonyl (C=O) groups is 1. The summed E-state index contributed by atoms with van der Waals surface area (Å²) in [5, 5.41) is 9.84. The number of benzene rings is 3. The summed E-state index contributed by atoms with van der Waals surface area (Å²) in [7, 11) is 0. The zero-order valence-corrected chi connectivity index (χ0v) is 18.7. The van der Waals surface area contributed by atoms with E-state index in [-0.39, 0.29) is 24.3 Å². The molecule has 0 radical (unpaired) electrons. The Labute approximate surface area is 200 Å². The number of carbonyl (C=O) groups excluding carboxylic acids is 1. The van der Waals surface area contributed by atoms with Crippen molar-refractivity contribution in [1.29, 1.82) is 0 Å². The van der Waals surface area contributed by atoms with Crippen molar-refractivity contribution >= 4 is 11.7 Å². The Kier molecular flexibility index (Phi) is 6.03. The smallest absolute Gasteiger partial charge is 0.363 e. The van der Waals surface area contributed by atoms with Gasteiger partial charge in [-0.15, -0.1) is 0 Å². The van der Waals surface area contributed by atoms with E-state index in [0.29, 0.717) is 0 Å². The molecular formula is C27H23F3N4O. The molecule has 5 nitrogen and oxygen atoms in total. The lowest BCUT2D eigenvalue weighted by molar-refractivity contribution is -0.173. The van der Waals surface area contributed by atoms with Gasteiger partial charge in [0.1, 0.15) is 11.4 Å². The summed E-state index contributed by atoms with van der Waals surface area (Å²) in [5.41, 5.74) is 3.83. The molecule has 1 aromatic heterocycles. The number of rotatable bonds is 5. The number of hydrogen-bond donors (Lipinski definition) is 2. The molecule has 8 heteroatoms. The van der Waals surface area contributed by atoms with Gasteiger partial charge in [0, 0.05) is 13.0 Å². The van der Waals surface area contributed by atoms with E-state index in [2.05, 4.69) is 15.7 Å². The van der Waals surface area contributed by atoms with E-state index in [0.717, 1.165) is 26.9 Å². The van der Waals surface area contributed by atoms with Gasteiger partial charge in [0.25, 0.3) is 5.91 Å². The Morgan fingerprint density at radius 3 is 2.23 bits per heavy atom. The van der Waals surface area contributed by atoms with Gasteiger partial charge in [-0.25, -0.2) is 4.68 Å². The summed E-state index contributed by atoms with van der Waals surface area (Å²) in [6.45, 7) is 0.239. The molecule has 0 fully saturated rings. The largest absolute Gasteiger partial charge is 0.410 e. The van der Waals surface area contributed by atoms with Crippen LogP contribution in [0.1, 0.15) is 40.0 Å². The fourth-order valence-corrected chi connectivity index (χ4v) is 4.36. The van der Waals surface area contributed by atoms with Crippen molar-refractivity contribution in [2.24, 2.45) is 0 Å². The molecule has 1 aliphatic rings. The van der Waals surface area contributed by atoms with Gasteiger partial charge < -0.3 is 10.6 Å². The molecule has 0 aliphatic carbocycles. The summed E-state index contributed by atoms with van der Waals surface area (Å²) in [6, 6.07) is 24.2. The van der Waals surface area contributed by atoms with Crippen LogP contribution in [-0.2, 0) is 6.54 Å². The van der Waals surface area contributed by atoms with Gasteiger partial charge in [0.05, 0.1) is 12.2 Å². The van der Waals surface area contributed by atoms with Crippen LogP contribution in [0.15, 0.2) is 91.1 Å². The van der Waals surface area contributed by atoms with E-state index in [9.17, 15) is 18.0 Å². The second-order valence-corrected chi connectivity index (χ2v) is 8.50. The minimum absolute atomic E-state index is 0.0735. The molecule has 0 saturated heterocycles. The fraction of sp³-hybridized carbons (Fsp3) is 0.185. The lowest BCUT2D eigenvalue weighted by atomic mass is 9.96. The second kappa shape index (κ2) is 9.29. The van der Waals surface area contributed by atoms with Gasteiger partial charge in [-0.1, -0.05) is 84.9 Å². The van der Waals surface area contributed by atoms with Crippen molar-refractivity contribution in [3.05, 3.63) is 108 Å². The van der Waals surface area contributed by atoms with Crippen molar-refractivity contribution in [3.63, 3.8) is 0 Å². The number of nitrogens with zero attached hydrogens (tertiary/aromatic N) is 2. The molecular weight excluding hydrogens is 453 g/mol. The molecule has 2 atom stereocenters. The lowest BCUT2D eigenvalue weighted by Crippen LogP contribution is -2.36. The maximum atomic E-state index is 13.9. The second-order valence-electron chi connectivity index (χ2n) is 8.50. The van der Waals surface area contributed by atoms with Crippen molar-refractivity contribution < 1.29 is 18.0 Å². The van der Waals surface area contributed by atoms with Gasteiger partial charge in [-0.2, -0.15) is 18.3 Å². The fourth-order valence-electron chi connectivity index (χ4n) is 4.36. The average molecular weight is 477 g/mol. The molecule has 35 heavy (non-hydrogen) atoms. The molecule has 1 aliphatic heterocycles. The summed E-state index contributed by atoms with van der Waals surface area (Å²) in [5.74, 6) is -0.412. The first kappa shape index (κ1) is 22.7. The summed E-state index contributed by atoms with van der Waals surface area (Å²) >= 11 is 0. The molecule has 3 aromatic carbocycles. The number of nitrogens with one attached hydrogen (secondary N) is 2. The Morgan fingerprint density at radius 1 is 0.943 bits per heavy atom. The van der Waals surface area contributed by atoms with Crippen LogP contribution in [-0.4, -0.2) is 21.9 Å². The third-order valence-electron chi connectivity index (χ3n) is 6.20. The van der Waals surface area contributed by atoms with Crippen molar-refractivity contribution in [3.8, 4) is 11.1 Å². The first-order chi connectivity index (χ1) is 16.9. The summed E-state index contributed by atoms with van der Waals surface area (Å²) < 4.78 is 42.4. The van der Waals surface area contributed by atoms with Gasteiger partial charge in [-0.3, -0.25) is 4.79 Å². The molecule has 5 rings (SSSR count). The third-order valence-corrected chi connectivity index (χ3v) is 6.20. The number of halogens is 3. The lowest BCUT2D eigenvalue weighted by Gasteiger charge is -2.34. The minimum atomic E-state index is -4.50. The molecule has 0 saturated carbocycles. The number of hydrogen-bond acceptors (Lipinski definition) is 3. The monoisotopic (exact) mass is 476 g/mol. The highest BCUT2D eigenvalue weighted by atomic mass is 19.4. The van der Waals surface area contributed by atoms with Crippen LogP contribution in [0.3, 0.4) is 0 Å². The first-order valence-electron chi connectivity index (χ1n) is 11.3. The van der Waals surface area contributed by atoms with Crippen LogP contribution in [0.5, 0.6) is 0 Å². The Morgan fingerprint density at radius 2 is 1.57 bits per heavy atom. The number of anilines is 1. The Bertz CT molecular complexity index is 1300. The number of amides is 1. The van der Waals surface area contributed by atoms with E-state index in [4.69, 9.17) is 0 Å². The predicted molar refractivity (Wildman–Crippen MR) is 128 cm³/mol. The minimum Gasteiger partial charge on any atom is -0.363 e. The van der Waals surface area contributed by atoms with E-state index in [1.54, 1.807) is 24.3 Å². The highest BCUT2D eigenvalue weighted by Crippen LogP contribution is 2.44. The van der Waals surface area contributed by atoms with Crippen molar-refractivity contribution in [2.75, 3.05) is 5.32 Å². The maximum Gasteiger partial charge on any atom is 0.410 e. The molecule has 2 N–H and O–H groups in total. The van der Waals surface area contributed by atoms with Gasteiger partial charge in [-0.05, 0) is 22.3 Å². The van der Waals surface area contributed by atoms with E-state index in [1.165, 1.54) is 6.20 Å². The summed E-state index contributed by atoms with van der Waals surface area (Å²) in [4.78, 5) is 13.0. The first-order valence-corrected chi connectivity index (χ1v) is 11.3. The maximum absolute atomic E-state index is 13.9. The Hall–Kier alpha value is -4.07. The molecule has 0 spiro atoms. The van der Waals surface area contributed by atoms with Crippen molar-refractivity contribution in [2.45, 2.75) is 31.2 Å². The quantitative estimate of drug-likeness (QED) is 0.364. The molecule has 4 aromatic rings. The number of aromatic nitrogens is 2. The Balaban J connectivity index is 1.34. The normalized spacial score (nSPS) is 17.3. The molecule has 0 unspecified atom stereocenters. The van der Waals surface area contributed by atoms with Gasteiger partial charge in [0.15, 0.2) is 6.04 Å². The van der Waals surface area contributed by atoms with Gasteiger partial charge in [0.2, 0.25) is 0 Å². The molecule has 178 valence electrons. The highest BCUT2D eigenvalue weighted by molar-refractivity contribution is 5.98. The van der Waals surface area contributed by atoms with E-state index in [1.807, 2.05) is 60.7 Å². The molecule has 1 amide bonds. The zero-order valence-electron chi connectivity index (χ0n) is 18.7. The predicted octanol–water partition coefficient (Wildman–Crippen LogP) is 6.14. The zero-order chi connectivity index (χ0) is 24.4. The van der Waals surface area contributed by atoms with Crippen LogP contribution >= 0.6 is 0 Å². The van der Waals surface area contributed by atoms with Crippen LogP contribution < -0.4 is 10.6 Å². The average Bonchev–Trinajstić information content (AvgIpc) is 3.31. The topological polar surface area (TPSA) is 59.0 Å². The summed E-state index contributed by atoms with van der Waals surface area (Å²) in [6.07, 6.45) is -3.51. The van der Waals surface area contributed by atoms with Crippen molar-refractivity contribution in [1.82, 2.24) is 15.1 Å². The number of fused-ring (bicyclic) bond motifs is 1.